The highest BCUT2D eigenvalue weighted by molar-refractivity contribution is 5.74. The molecule has 1 aliphatic carbocycles. The Bertz CT molecular complexity index is 403. The fraction of sp³-hybridized carbons (Fsp3) is 0.500. The Kier molecular flexibility index (Phi) is 3.79. The highest BCUT2D eigenvalue weighted by atomic mass is 16.1. The molecule has 92 valence electrons. The molecule has 0 fully saturated rings. The van der Waals surface area contributed by atoms with Crippen LogP contribution in [-0.2, 0) is 17.6 Å². The molecule has 2 rings (SSSR count). The van der Waals surface area contributed by atoms with Gasteiger partial charge in [0.25, 0.3) is 0 Å². The Morgan fingerprint density at radius 1 is 1.47 bits per heavy atom. The van der Waals surface area contributed by atoms with Crippen LogP contribution < -0.4 is 11.1 Å². The Hall–Kier alpha value is -1.35. The van der Waals surface area contributed by atoms with Crippen molar-refractivity contribution in [1.29, 1.82) is 0 Å². The van der Waals surface area contributed by atoms with Crippen molar-refractivity contribution in [1.82, 2.24) is 5.32 Å². The summed E-state index contributed by atoms with van der Waals surface area (Å²) in [4.78, 5) is 10.8. The number of hydrogen-bond donors (Lipinski definition) is 2. The maximum absolute atomic E-state index is 10.8. The molecule has 0 saturated heterocycles. The fourth-order valence-electron chi connectivity index (χ4n) is 2.60. The third-order valence-corrected chi connectivity index (χ3v) is 3.37. The lowest BCUT2D eigenvalue weighted by molar-refractivity contribution is -0.118. The Balaban J connectivity index is 1.92. The second-order valence-corrected chi connectivity index (χ2v) is 4.95. The van der Waals surface area contributed by atoms with E-state index in [9.17, 15) is 4.79 Å². The van der Waals surface area contributed by atoms with Gasteiger partial charge in [-0.05, 0) is 37.3 Å². The van der Waals surface area contributed by atoms with E-state index in [1.165, 1.54) is 11.1 Å². The minimum Gasteiger partial charge on any atom is -0.370 e. The topological polar surface area (TPSA) is 55.1 Å². The molecule has 1 aromatic carbocycles. The van der Waals surface area contributed by atoms with Crippen molar-refractivity contribution in [3.8, 4) is 0 Å². The monoisotopic (exact) mass is 232 g/mol. The van der Waals surface area contributed by atoms with Crippen LogP contribution in [0, 0.1) is 0 Å². The van der Waals surface area contributed by atoms with Crippen LogP contribution >= 0.6 is 0 Å². The SMILES string of the molecule is CC(CC(N)=O)NC1CCc2ccccc2C1. The van der Waals surface area contributed by atoms with Gasteiger partial charge in [-0.15, -0.1) is 0 Å². The number of aryl methyl sites for hydroxylation is 1. The lowest BCUT2D eigenvalue weighted by Gasteiger charge is -2.28. The van der Waals surface area contributed by atoms with E-state index in [0.29, 0.717) is 12.5 Å². The van der Waals surface area contributed by atoms with E-state index in [0.717, 1.165) is 19.3 Å². The molecule has 3 heteroatoms. The summed E-state index contributed by atoms with van der Waals surface area (Å²) in [5.41, 5.74) is 8.09. The third kappa shape index (κ3) is 3.30. The highest BCUT2D eigenvalue weighted by Gasteiger charge is 2.19. The van der Waals surface area contributed by atoms with Crippen LogP contribution in [0.4, 0.5) is 0 Å². The highest BCUT2D eigenvalue weighted by Crippen LogP contribution is 2.21. The Morgan fingerprint density at radius 3 is 2.88 bits per heavy atom. The zero-order valence-electron chi connectivity index (χ0n) is 10.3. The summed E-state index contributed by atoms with van der Waals surface area (Å²) in [6.45, 7) is 2.02. The molecule has 0 heterocycles. The van der Waals surface area contributed by atoms with Gasteiger partial charge in [-0.2, -0.15) is 0 Å². The van der Waals surface area contributed by atoms with Crippen LogP contribution in [0.5, 0.6) is 0 Å². The molecule has 1 amide bonds. The van der Waals surface area contributed by atoms with Crippen molar-refractivity contribution < 1.29 is 4.79 Å². The first-order valence-corrected chi connectivity index (χ1v) is 6.26. The molecule has 2 unspecified atom stereocenters. The van der Waals surface area contributed by atoms with Gasteiger partial charge in [0, 0.05) is 18.5 Å². The Morgan fingerprint density at radius 2 is 2.18 bits per heavy atom. The van der Waals surface area contributed by atoms with Gasteiger partial charge in [0.15, 0.2) is 0 Å². The normalized spacial score (nSPS) is 20.6. The predicted octanol–water partition coefficient (Wildman–Crippen LogP) is 1.40. The van der Waals surface area contributed by atoms with E-state index in [1.807, 2.05) is 6.92 Å². The summed E-state index contributed by atoms with van der Waals surface area (Å²) in [5, 5.41) is 3.49. The van der Waals surface area contributed by atoms with Gasteiger partial charge >= 0.3 is 0 Å². The number of hydrogen-bond acceptors (Lipinski definition) is 2. The fourth-order valence-corrected chi connectivity index (χ4v) is 2.60. The van der Waals surface area contributed by atoms with Gasteiger partial charge in [-0.25, -0.2) is 0 Å². The van der Waals surface area contributed by atoms with Crippen molar-refractivity contribution in [2.75, 3.05) is 0 Å². The quantitative estimate of drug-likeness (QED) is 0.824. The average Bonchev–Trinajstić information content (AvgIpc) is 2.27. The van der Waals surface area contributed by atoms with Crippen molar-refractivity contribution >= 4 is 5.91 Å². The van der Waals surface area contributed by atoms with Crippen molar-refractivity contribution in [2.24, 2.45) is 5.73 Å². The van der Waals surface area contributed by atoms with E-state index in [4.69, 9.17) is 5.73 Å². The predicted molar refractivity (Wildman–Crippen MR) is 68.7 cm³/mol. The third-order valence-electron chi connectivity index (χ3n) is 3.37. The molecular weight excluding hydrogens is 212 g/mol. The van der Waals surface area contributed by atoms with Crippen molar-refractivity contribution in [2.45, 2.75) is 44.7 Å². The molecule has 0 aromatic heterocycles. The first-order chi connectivity index (χ1) is 8.15. The molecule has 1 aromatic rings. The summed E-state index contributed by atoms with van der Waals surface area (Å²) in [7, 11) is 0. The second kappa shape index (κ2) is 5.32. The lowest BCUT2D eigenvalue weighted by atomic mass is 9.88. The van der Waals surface area contributed by atoms with Crippen molar-refractivity contribution in [3.05, 3.63) is 35.4 Å². The Labute approximate surface area is 102 Å². The first-order valence-electron chi connectivity index (χ1n) is 6.26. The average molecular weight is 232 g/mol. The summed E-state index contributed by atoms with van der Waals surface area (Å²) in [6.07, 6.45) is 3.73. The summed E-state index contributed by atoms with van der Waals surface area (Å²) >= 11 is 0. The number of fused-ring (bicyclic) bond motifs is 1. The second-order valence-electron chi connectivity index (χ2n) is 4.95. The summed E-state index contributed by atoms with van der Waals surface area (Å²) in [6, 6.07) is 9.23. The van der Waals surface area contributed by atoms with E-state index in [2.05, 4.69) is 29.6 Å². The minimum absolute atomic E-state index is 0.169. The number of primary amides is 1. The van der Waals surface area contributed by atoms with Gasteiger partial charge < -0.3 is 11.1 Å². The number of rotatable bonds is 4. The van der Waals surface area contributed by atoms with Crippen LogP contribution in [0.3, 0.4) is 0 Å². The molecule has 0 aliphatic heterocycles. The van der Waals surface area contributed by atoms with Gasteiger partial charge in [0.05, 0.1) is 0 Å². The molecule has 3 N–H and O–H groups in total. The lowest BCUT2D eigenvalue weighted by Crippen LogP contribution is -2.41. The van der Waals surface area contributed by atoms with E-state index >= 15 is 0 Å². The van der Waals surface area contributed by atoms with E-state index in [-0.39, 0.29) is 11.9 Å². The number of nitrogens with two attached hydrogens (primary N) is 1. The first kappa shape index (κ1) is 12.1. The molecule has 0 spiro atoms. The van der Waals surface area contributed by atoms with Gasteiger partial charge in [-0.1, -0.05) is 24.3 Å². The number of benzene rings is 1. The smallest absolute Gasteiger partial charge is 0.218 e. The number of carbonyl (C=O) groups is 1. The number of nitrogens with one attached hydrogen (secondary N) is 1. The summed E-state index contributed by atoms with van der Waals surface area (Å²) in [5.74, 6) is -0.235. The van der Waals surface area contributed by atoms with Crippen LogP contribution in [0.1, 0.15) is 30.9 Å². The molecule has 17 heavy (non-hydrogen) atoms. The summed E-state index contributed by atoms with van der Waals surface area (Å²) < 4.78 is 0. The largest absolute Gasteiger partial charge is 0.370 e. The molecular formula is C14H20N2O. The molecule has 0 radical (unpaired) electrons. The number of carbonyl (C=O) groups excluding carboxylic acids is 1. The van der Waals surface area contributed by atoms with Gasteiger partial charge in [-0.3, -0.25) is 4.79 Å². The van der Waals surface area contributed by atoms with E-state index in [1.54, 1.807) is 0 Å². The van der Waals surface area contributed by atoms with Gasteiger partial charge in [0.1, 0.15) is 0 Å². The molecule has 0 saturated carbocycles. The standard InChI is InChI=1S/C14H20N2O/c1-10(8-14(15)17)16-13-7-6-11-4-2-3-5-12(11)9-13/h2-5,10,13,16H,6-9H2,1H3,(H2,15,17). The zero-order valence-corrected chi connectivity index (χ0v) is 10.3. The van der Waals surface area contributed by atoms with Crippen LogP contribution in [0.25, 0.3) is 0 Å². The minimum atomic E-state index is -0.235. The van der Waals surface area contributed by atoms with Crippen LogP contribution in [0.15, 0.2) is 24.3 Å². The molecule has 3 nitrogen and oxygen atoms in total. The molecule has 0 bridgehead atoms. The van der Waals surface area contributed by atoms with Crippen LogP contribution in [0.2, 0.25) is 0 Å². The number of amides is 1. The maximum atomic E-state index is 10.8. The van der Waals surface area contributed by atoms with E-state index < -0.39 is 0 Å². The molecule has 2 atom stereocenters. The zero-order chi connectivity index (χ0) is 12.3. The maximum Gasteiger partial charge on any atom is 0.218 e. The van der Waals surface area contributed by atoms with Crippen molar-refractivity contribution in [3.63, 3.8) is 0 Å². The van der Waals surface area contributed by atoms with Crippen LogP contribution in [-0.4, -0.2) is 18.0 Å². The molecule has 1 aliphatic rings. The van der Waals surface area contributed by atoms with Gasteiger partial charge in [0.2, 0.25) is 5.91 Å².